The highest BCUT2D eigenvalue weighted by Gasteiger charge is 1.97. The van der Waals surface area contributed by atoms with Gasteiger partial charge in [-0.25, -0.2) is 0 Å². The molecule has 0 aliphatic heterocycles. The zero-order valence-corrected chi connectivity index (χ0v) is 11.4. The molecule has 0 aromatic carbocycles. The number of unbranched alkanes of at least 4 members (excludes halogenated alkanes) is 1. The van der Waals surface area contributed by atoms with E-state index in [1.165, 1.54) is 11.3 Å². The summed E-state index contributed by atoms with van der Waals surface area (Å²) in [5, 5.41) is 3.36. The van der Waals surface area contributed by atoms with Crippen molar-refractivity contribution in [2.45, 2.75) is 26.2 Å². The lowest BCUT2D eigenvalue weighted by molar-refractivity contribution is 0.133. The van der Waals surface area contributed by atoms with Crippen LogP contribution in [0.25, 0.3) is 0 Å². The number of thiophene rings is 1. The van der Waals surface area contributed by atoms with Crippen molar-refractivity contribution < 1.29 is 4.74 Å². The lowest BCUT2D eigenvalue weighted by Crippen LogP contribution is -2.22. The van der Waals surface area contributed by atoms with Crippen LogP contribution in [0.1, 0.15) is 24.6 Å². The lowest BCUT2D eigenvalue weighted by Gasteiger charge is -2.04. The molecule has 16 heavy (non-hydrogen) atoms. The molecular weight excluding hydrogens is 242 g/mol. The van der Waals surface area contributed by atoms with Gasteiger partial charge in [-0.15, -0.1) is 11.3 Å². The van der Waals surface area contributed by atoms with Gasteiger partial charge in [0, 0.05) is 24.6 Å². The lowest BCUT2D eigenvalue weighted by atomic mass is 10.3. The average molecular weight is 262 g/mol. The SMILES string of the molecule is CCCCOCCNCCc1ccc(Cl)s1. The summed E-state index contributed by atoms with van der Waals surface area (Å²) in [5.74, 6) is 0. The summed E-state index contributed by atoms with van der Waals surface area (Å²) >= 11 is 7.51. The highest BCUT2D eigenvalue weighted by Crippen LogP contribution is 2.21. The molecule has 0 atom stereocenters. The van der Waals surface area contributed by atoms with Gasteiger partial charge in [0.05, 0.1) is 10.9 Å². The first-order valence-corrected chi connectivity index (χ1v) is 7.05. The molecule has 2 nitrogen and oxygen atoms in total. The van der Waals surface area contributed by atoms with Crippen molar-refractivity contribution in [1.82, 2.24) is 5.32 Å². The molecule has 4 heteroatoms. The maximum atomic E-state index is 5.85. The highest BCUT2D eigenvalue weighted by molar-refractivity contribution is 7.16. The van der Waals surface area contributed by atoms with Gasteiger partial charge in [-0.2, -0.15) is 0 Å². The third-order valence-corrected chi connectivity index (χ3v) is 3.53. The standard InChI is InChI=1S/C12H20ClNOS/c1-2-3-9-15-10-8-14-7-6-11-4-5-12(13)16-11/h4-5,14H,2-3,6-10H2,1H3. The third-order valence-electron chi connectivity index (χ3n) is 2.24. The Hall–Kier alpha value is -0.0900. The van der Waals surface area contributed by atoms with E-state index in [0.29, 0.717) is 0 Å². The van der Waals surface area contributed by atoms with Gasteiger partial charge in [-0.3, -0.25) is 0 Å². The van der Waals surface area contributed by atoms with Gasteiger partial charge in [0.15, 0.2) is 0 Å². The van der Waals surface area contributed by atoms with Crippen molar-refractivity contribution in [3.8, 4) is 0 Å². The largest absolute Gasteiger partial charge is 0.380 e. The minimum absolute atomic E-state index is 0.811. The van der Waals surface area contributed by atoms with Gasteiger partial charge in [-0.1, -0.05) is 24.9 Å². The number of hydrogen-bond donors (Lipinski definition) is 1. The molecule has 0 amide bonds. The van der Waals surface area contributed by atoms with Crippen LogP contribution < -0.4 is 5.32 Å². The van der Waals surface area contributed by atoms with Crippen LogP contribution in [0.15, 0.2) is 12.1 Å². The number of halogens is 1. The van der Waals surface area contributed by atoms with E-state index in [0.717, 1.165) is 43.5 Å². The topological polar surface area (TPSA) is 21.3 Å². The Labute approximate surface area is 107 Å². The van der Waals surface area contributed by atoms with E-state index in [4.69, 9.17) is 16.3 Å². The molecule has 1 aromatic rings. The fraction of sp³-hybridized carbons (Fsp3) is 0.667. The summed E-state index contributed by atoms with van der Waals surface area (Å²) in [6.45, 7) is 5.80. The maximum absolute atomic E-state index is 5.85. The van der Waals surface area contributed by atoms with Crippen molar-refractivity contribution in [3.63, 3.8) is 0 Å². The van der Waals surface area contributed by atoms with E-state index in [1.807, 2.05) is 6.07 Å². The second kappa shape index (κ2) is 8.99. The Kier molecular flexibility index (Phi) is 7.85. The van der Waals surface area contributed by atoms with Crippen molar-refractivity contribution in [2.24, 2.45) is 0 Å². The summed E-state index contributed by atoms with van der Waals surface area (Å²) in [6, 6.07) is 4.04. The summed E-state index contributed by atoms with van der Waals surface area (Å²) < 4.78 is 6.32. The molecule has 0 aliphatic carbocycles. The molecule has 92 valence electrons. The second-order valence-corrected chi connectivity index (χ2v) is 5.47. The van der Waals surface area contributed by atoms with E-state index in [2.05, 4.69) is 18.3 Å². The fourth-order valence-electron chi connectivity index (χ4n) is 1.32. The van der Waals surface area contributed by atoms with Gasteiger partial charge in [0.25, 0.3) is 0 Å². The van der Waals surface area contributed by atoms with Crippen LogP contribution in [-0.4, -0.2) is 26.3 Å². The Morgan fingerprint density at radius 2 is 2.19 bits per heavy atom. The van der Waals surface area contributed by atoms with Gasteiger partial charge in [0.2, 0.25) is 0 Å². The van der Waals surface area contributed by atoms with Crippen molar-refractivity contribution in [3.05, 3.63) is 21.3 Å². The first kappa shape index (κ1) is 14.0. The number of hydrogen-bond acceptors (Lipinski definition) is 3. The number of nitrogens with one attached hydrogen (secondary N) is 1. The first-order valence-electron chi connectivity index (χ1n) is 5.85. The monoisotopic (exact) mass is 261 g/mol. The highest BCUT2D eigenvalue weighted by atomic mass is 35.5. The van der Waals surface area contributed by atoms with E-state index < -0.39 is 0 Å². The predicted molar refractivity (Wildman–Crippen MR) is 71.6 cm³/mol. The zero-order chi connectivity index (χ0) is 11.6. The van der Waals surface area contributed by atoms with Gasteiger partial charge in [-0.05, 0) is 25.0 Å². The molecule has 1 rings (SSSR count). The van der Waals surface area contributed by atoms with Crippen molar-refractivity contribution in [1.29, 1.82) is 0 Å². The van der Waals surface area contributed by atoms with Crippen LogP contribution >= 0.6 is 22.9 Å². The van der Waals surface area contributed by atoms with E-state index in [1.54, 1.807) is 11.3 Å². The molecular formula is C12H20ClNOS. The molecule has 0 aliphatic rings. The zero-order valence-electron chi connectivity index (χ0n) is 9.80. The fourth-order valence-corrected chi connectivity index (χ4v) is 2.40. The number of rotatable bonds is 9. The molecule has 1 aromatic heterocycles. The van der Waals surface area contributed by atoms with Crippen LogP contribution in [-0.2, 0) is 11.2 Å². The minimum atomic E-state index is 0.811. The molecule has 0 spiro atoms. The second-order valence-electron chi connectivity index (χ2n) is 3.67. The molecule has 0 bridgehead atoms. The number of ether oxygens (including phenoxy) is 1. The molecule has 0 fully saturated rings. The Morgan fingerprint density at radius 3 is 2.88 bits per heavy atom. The molecule has 1 heterocycles. The average Bonchev–Trinajstić information content (AvgIpc) is 2.68. The summed E-state index contributed by atoms with van der Waals surface area (Å²) in [5.41, 5.74) is 0. The van der Waals surface area contributed by atoms with E-state index in [9.17, 15) is 0 Å². The molecule has 0 saturated heterocycles. The molecule has 0 saturated carbocycles. The van der Waals surface area contributed by atoms with Crippen LogP contribution in [0.4, 0.5) is 0 Å². The van der Waals surface area contributed by atoms with E-state index >= 15 is 0 Å². The normalized spacial score (nSPS) is 10.9. The van der Waals surface area contributed by atoms with Gasteiger partial charge in [0.1, 0.15) is 0 Å². The first-order chi connectivity index (χ1) is 7.83. The van der Waals surface area contributed by atoms with Crippen molar-refractivity contribution >= 4 is 22.9 Å². The Morgan fingerprint density at radius 1 is 1.31 bits per heavy atom. The van der Waals surface area contributed by atoms with Gasteiger partial charge < -0.3 is 10.1 Å². The van der Waals surface area contributed by atoms with Crippen LogP contribution in [0.5, 0.6) is 0 Å². The molecule has 1 N–H and O–H groups in total. The third kappa shape index (κ3) is 6.48. The predicted octanol–water partition coefficient (Wildman–Crippen LogP) is 3.35. The van der Waals surface area contributed by atoms with E-state index in [-0.39, 0.29) is 0 Å². The minimum Gasteiger partial charge on any atom is -0.380 e. The Bertz CT molecular complexity index is 278. The summed E-state index contributed by atoms with van der Waals surface area (Å²) in [4.78, 5) is 1.34. The van der Waals surface area contributed by atoms with Crippen LogP contribution in [0.2, 0.25) is 4.34 Å². The van der Waals surface area contributed by atoms with Crippen LogP contribution in [0.3, 0.4) is 0 Å². The van der Waals surface area contributed by atoms with Crippen molar-refractivity contribution in [2.75, 3.05) is 26.3 Å². The van der Waals surface area contributed by atoms with Crippen LogP contribution in [0, 0.1) is 0 Å². The summed E-state index contributed by atoms with van der Waals surface area (Å²) in [6.07, 6.45) is 3.41. The molecule has 0 radical (unpaired) electrons. The maximum Gasteiger partial charge on any atom is 0.0931 e. The Balaban J connectivity index is 1.88. The smallest absolute Gasteiger partial charge is 0.0931 e. The van der Waals surface area contributed by atoms with Gasteiger partial charge >= 0.3 is 0 Å². The quantitative estimate of drug-likeness (QED) is 0.689. The molecule has 0 unspecified atom stereocenters. The summed E-state index contributed by atoms with van der Waals surface area (Å²) in [7, 11) is 0.